The molecule has 0 saturated heterocycles. The third-order valence-electron chi connectivity index (χ3n) is 2.36. The van der Waals surface area contributed by atoms with Gasteiger partial charge in [-0.1, -0.05) is 6.92 Å². The number of carbonyl (C=O) groups is 2. The van der Waals surface area contributed by atoms with Gasteiger partial charge in [-0.2, -0.15) is 0 Å². The molecule has 0 fully saturated rings. The summed E-state index contributed by atoms with van der Waals surface area (Å²) in [5, 5.41) is 24.6. The Morgan fingerprint density at radius 2 is 2.22 bits per heavy atom. The lowest BCUT2D eigenvalue weighted by Crippen LogP contribution is -2.32. The highest BCUT2D eigenvalue weighted by Gasteiger charge is 2.13. The highest BCUT2D eigenvalue weighted by atomic mass is 32.1. The van der Waals surface area contributed by atoms with Crippen molar-refractivity contribution in [2.45, 2.75) is 13.3 Å². The molecule has 7 heteroatoms. The predicted molar refractivity (Wildman–Crippen MR) is 69.2 cm³/mol. The summed E-state index contributed by atoms with van der Waals surface area (Å²) in [5.74, 6) is -0.900. The van der Waals surface area contributed by atoms with Gasteiger partial charge in [-0.05, 0) is 23.8 Å². The van der Waals surface area contributed by atoms with Gasteiger partial charge < -0.3 is 15.5 Å². The molecule has 6 nitrogen and oxygen atoms in total. The molecular formula is C11H16N2O4S. The lowest BCUT2D eigenvalue weighted by molar-refractivity contribution is 0.0698. The molecule has 2 amide bonds. The largest absolute Gasteiger partial charge is 0.478 e. The number of anilines is 1. The highest BCUT2D eigenvalue weighted by Crippen LogP contribution is 2.22. The molecule has 0 saturated carbocycles. The number of hydrogen-bond acceptors (Lipinski definition) is 4. The second kappa shape index (κ2) is 6.97. The van der Waals surface area contributed by atoms with Crippen molar-refractivity contribution in [3.05, 3.63) is 17.0 Å². The van der Waals surface area contributed by atoms with E-state index in [1.807, 2.05) is 6.92 Å². The van der Waals surface area contributed by atoms with Gasteiger partial charge in [0.05, 0.1) is 5.56 Å². The Bertz CT molecular complexity index is 419. The summed E-state index contributed by atoms with van der Waals surface area (Å²) in [7, 11) is 0. The normalized spacial score (nSPS) is 11.9. The Labute approximate surface area is 109 Å². The summed E-state index contributed by atoms with van der Waals surface area (Å²) >= 11 is 1.16. The molecule has 1 aromatic rings. The van der Waals surface area contributed by atoms with Crippen LogP contribution in [0.25, 0.3) is 0 Å². The van der Waals surface area contributed by atoms with Crippen LogP contribution < -0.4 is 10.6 Å². The molecule has 0 bridgehead atoms. The van der Waals surface area contributed by atoms with Crippen LogP contribution in [0.3, 0.4) is 0 Å². The van der Waals surface area contributed by atoms with Gasteiger partial charge in [0.25, 0.3) is 0 Å². The number of amides is 2. The Morgan fingerprint density at radius 3 is 2.83 bits per heavy atom. The Kier molecular flexibility index (Phi) is 5.60. The van der Waals surface area contributed by atoms with Crippen molar-refractivity contribution < 1.29 is 19.8 Å². The van der Waals surface area contributed by atoms with E-state index in [9.17, 15) is 9.59 Å². The fraction of sp³-hybridized carbons (Fsp3) is 0.455. The first-order valence-corrected chi connectivity index (χ1v) is 6.39. The van der Waals surface area contributed by atoms with Crippen LogP contribution in [0.1, 0.15) is 23.7 Å². The second-order valence-electron chi connectivity index (χ2n) is 3.92. The summed E-state index contributed by atoms with van der Waals surface area (Å²) in [6, 6.07) is 1.00. The topological polar surface area (TPSA) is 98.7 Å². The minimum absolute atomic E-state index is 0.0819. The van der Waals surface area contributed by atoms with E-state index in [1.165, 1.54) is 6.07 Å². The molecule has 18 heavy (non-hydrogen) atoms. The Balaban J connectivity index is 2.45. The van der Waals surface area contributed by atoms with Gasteiger partial charge in [0, 0.05) is 13.2 Å². The lowest BCUT2D eigenvalue weighted by Gasteiger charge is -2.11. The smallest absolute Gasteiger partial charge is 0.338 e. The number of hydrogen-bond donors (Lipinski definition) is 4. The van der Waals surface area contributed by atoms with Crippen molar-refractivity contribution in [3.8, 4) is 0 Å². The first-order chi connectivity index (χ1) is 8.54. The molecule has 1 atom stereocenters. The summed E-state index contributed by atoms with van der Waals surface area (Å²) in [6.45, 7) is 2.42. The summed E-state index contributed by atoms with van der Waals surface area (Å²) < 4.78 is 0. The monoisotopic (exact) mass is 272 g/mol. The van der Waals surface area contributed by atoms with E-state index in [-0.39, 0.29) is 18.1 Å². The fourth-order valence-corrected chi connectivity index (χ4v) is 2.09. The van der Waals surface area contributed by atoms with Gasteiger partial charge in [0.15, 0.2) is 0 Å². The number of nitrogens with one attached hydrogen (secondary N) is 2. The molecule has 4 N–H and O–H groups in total. The molecule has 1 unspecified atom stereocenters. The van der Waals surface area contributed by atoms with Gasteiger partial charge in [-0.3, -0.25) is 5.32 Å². The molecule has 0 aliphatic heterocycles. The maximum Gasteiger partial charge on any atom is 0.338 e. The molecule has 0 aliphatic rings. The Morgan fingerprint density at radius 1 is 1.50 bits per heavy atom. The van der Waals surface area contributed by atoms with Crippen LogP contribution in [-0.2, 0) is 0 Å². The van der Waals surface area contributed by atoms with E-state index in [4.69, 9.17) is 10.2 Å². The van der Waals surface area contributed by atoms with Crippen molar-refractivity contribution in [1.82, 2.24) is 5.32 Å². The minimum atomic E-state index is -1.07. The first-order valence-electron chi connectivity index (χ1n) is 5.51. The number of thiophene rings is 1. The van der Waals surface area contributed by atoms with E-state index in [2.05, 4.69) is 10.6 Å². The van der Waals surface area contributed by atoms with Crippen molar-refractivity contribution in [2.75, 3.05) is 18.5 Å². The quantitative estimate of drug-likeness (QED) is 0.632. The number of carbonyl (C=O) groups excluding carboxylic acids is 1. The Hall–Kier alpha value is -1.60. The van der Waals surface area contributed by atoms with Gasteiger partial charge >= 0.3 is 12.0 Å². The van der Waals surface area contributed by atoms with E-state index < -0.39 is 12.0 Å². The van der Waals surface area contributed by atoms with Crippen LogP contribution in [0.2, 0.25) is 0 Å². The maximum atomic E-state index is 11.5. The second-order valence-corrected chi connectivity index (χ2v) is 4.84. The third-order valence-corrected chi connectivity index (χ3v) is 3.19. The number of carboxylic acids is 1. The van der Waals surface area contributed by atoms with Crippen LogP contribution in [0.5, 0.6) is 0 Å². The standard InChI is InChI=1S/C11H16N2O4S/c1-7(2-4-14)6-12-11(17)13-9-8(10(15)16)3-5-18-9/h3,5,7,14H,2,4,6H2,1H3,(H,15,16)(H2,12,13,17). The van der Waals surface area contributed by atoms with Gasteiger partial charge in [-0.25, -0.2) is 9.59 Å². The number of carboxylic acid groups (broad SMARTS) is 1. The fourth-order valence-electron chi connectivity index (χ4n) is 1.31. The maximum absolute atomic E-state index is 11.5. The number of aliphatic hydroxyl groups is 1. The zero-order valence-corrected chi connectivity index (χ0v) is 10.8. The van der Waals surface area contributed by atoms with E-state index >= 15 is 0 Å². The van der Waals surface area contributed by atoms with Crippen LogP contribution in [0.4, 0.5) is 9.80 Å². The molecule has 0 spiro atoms. The van der Waals surface area contributed by atoms with Gasteiger partial charge in [0.2, 0.25) is 0 Å². The lowest BCUT2D eigenvalue weighted by atomic mass is 10.1. The molecular weight excluding hydrogens is 256 g/mol. The molecule has 0 radical (unpaired) electrons. The molecule has 0 aliphatic carbocycles. The SMILES string of the molecule is CC(CCO)CNC(=O)Nc1sccc1C(=O)O. The number of urea groups is 1. The van der Waals surface area contributed by atoms with Crippen molar-refractivity contribution in [1.29, 1.82) is 0 Å². The summed E-state index contributed by atoms with van der Waals surface area (Å²) in [5.41, 5.74) is 0.0820. The predicted octanol–water partition coefficient (Wildman–Crippen LogP) is 1.59. The van der Waals surface area contributed by atoms with Crippen molar-refractivity contribution >= 4 is 28.3 Å². The highest BCUT2D eigenvalue weighted by molar-refractivity contribution is 7.14. The number of aliphatic hydroxyl groups excluding tert-OH is 1. The van der Waals surface area contributed by atoms with Crippen LogP contribution >= 0.6 is 11.3 Å². The average molecular weight is 272 g/mol. The van der Waals surface area contributed by atoms with Crippen molar-refractivity contribution in [2.24, 2.45) is 5.92 Å². The minimum Gasteiger partial charge on any atom is -0.478 e. The molecule has 1 heterocycles. The van der Waals surface area contributed by atoms with Crippen molar-refractivity contribution in [3.63, 3.8) is 0 Å². The molecule has 0 aromatic carbocycles. The van der Waals surface area contributed by atoms with E-state index in [0.717, 1.165) is 11.3 Å². The van der Waals surface area contributed by atoms with Crippen LogP contribution in [-0.4, -0.2) is 35.4 Å². The van der Waals surface area contributed by atoms with E-state index in [0.29, 0.717) is 18.0 Å². The van der Waals surface area contributed by atoms with Crippen LogP contribution in [0.15, 0.2) is 11.4 Å². The van der Waals surface area contributed by atoms with Gasteiger partial charge in [-0.15, -0.1) is 11.3 Å². The first kappa shape index (κ1) is 14.5. The zero-order valence-electron chi connectivity index (χ0n) is 9.97. The molecule has 1 aromatic heterocycles. The van der Waals surface area contributed by atoms with E-state index in [1.54, 1.807) is 5.38 Å². The number of aromatic carboxylic acids is 1. The molecule has 100 valence electrons. The molecule has 1 rings (SSSR count). The summed E-state index contributed by atoms with van der Waals surface area (Å²) in [4.78, 5) is 22.3. The number of rotatable bonds is 6. The zero-order chi connectivity index (χ0) is 13.5. The summed E-state index contributed by atoms with van der Waals surface area (Å²) in [6.07, 6.45) is 0.611. The average Bonchev–Trinajstić information content (AvgIpc) is 2.75. The van der Waals surface area contributed by atoms with Gasteiger partial charge in [0.1, 0.15) is 5.00 Å². The third kappa shape index (κ3) is 4.34. The van der Waals surface area contributed by atoms with Crippen LogP contribution in [0, 0.1) is 5.92 Å².